The van der Waals surface area contributed by atoms with Gasteiger partial charge in [0.25, 0.3) is 0 Å². The summed E-state index contributed by atoms with van der Waals surface area (Å²) in [5, 5.41) is 1.92. The minimum Gasteiger partial charge on any atom is -0.399 e. The Hall–Kier alpha value is -1.93. The molecule has 3 heteroatoms. The summed E-state index contributed by atoms with van der Waals surface area (Å²) in [5.41, 5.74) is 9.79. The van der Waals surface area contributed by atoms with E-state index in [1.54, 1.807) is 0 Å². The number of hydrogen-bond acceptors (Lipinski definition) is 1. The van der Waals surface area contributed by atoms with Crippen LogP contribution in [-0.4, -0.2) is 4.57 Å². The minimum atomic E-state index is 0.718. The van der Waals surface area contributed by atoms with E-state index in [0.29, 0.717) is 0 Å². The molecule has 90 valence electrons. The van der Waals surface area contributed by atoms with Gasteiger partial charge in [0.1, 0.15) is 0 Å². The summed E-state index contributed by atoms with van der Waals surface area (Å²) in [6.45, 7) is 0. The quantitative estimate of drug-likeness (QED) is 0.654. The van der Waals surface area contributed by atoms with E-state index in [1.165, 1.54) is 10.9 Å². The molecular formula is C15H13ClN2. The van der Waals surface area contributed by atoms with E-state index >= 15 is 0 Å². The number of benzene rings is 2. The average Bonchev–Trinajstić information content (AvgIpc) is 2.71. The molecule has 1 aromatic heterocycles. The van der Waals surface area contributed by atoms with Crippen molar-refractivity contribution in [3.05, 3.63) is 53.6 Å². The summed E-state index contributed by atoms with van der Waals surface area (Å²) >= 11 is 6.26. The van der Waals surface area contributed by atoms with Gasteiger partial charge in [-0.2, -0.15) is 0 Å². The highest BCUT2D eigenvalue weighted by Crippen LogP contribution is 2.33. The molecule has 0 radical (unpaired) electrons. The van der Waals surface area contributed by atoms with Gasteiger partial charge in [-0.25, -0.2) is 0 Å². The van der Waals surface area contributed by atoms with Crippen LogP contribution in [0.4, 0.5) is 5.69 Å². The van der Waals surface area contributed by atoms with Gasteiger partial charge in [0.2, 0.25) is 0 Å². The van der Waals surface area contributed by atoms with Crippen molar-refractivity contribution in [3.63, 3.8) is 0 Å². The molecule has 3 rings (SSSR count). The fraction of sp³-hybridized carbons (Fsp3) is 0.0667. The lowest BCUT2D eigenvalue weighted by atomic mass is 10.1. The number of fused-ring (bicyclic) bond motifs is 1. The van der Waals surface area contributed by atoms with E-state index in [2.05, 4.69) is 22.8 Å². The average molecular weight is 257 g/mol. The predicted molar refractivity (Wildman–Crippen MR) is 77.8 cm³/mol. The molecule has 1 heterocycles. The molecule has 0 aliphatic carbocycles. The third-order valence-electron chi connectivity index (χ3n) is 3.22. The first kappa shape index (κ1) is 11.2. The molecular weight excluding hydrogens is 244 g/mol. The zero-order valence-electron chi connectivity index (χ0n) is 10.0. The lowest BCUT2D eigenvalue weighted by molar-refractivity contribution is 0.978. The van der Waals surface area contributed by atoms with Crippen molar-refractivity contribution < 1.29 is 0 Å². The molecule has 0 bridgehead atoms. The molecule has 3 aromatic rings. The zero-order valence-corrected chi connectivity index (χ0v) is 10.8. The molecule has 18 heavy (non-hydrogen) atoms. The third kappa shape index (κ3) is 1.66. The molecule has 2 N–H and O–H groups in total. The number of nitrogens with zero attached hydrogens (tertiary/aromatic N) is 1. The number of anilines is 1. The zero-order chi connectivity index (χ0) is 12.7. The Morgan fingerprint density at radius 3 is 2.61 bits per heavy atom. The highest BCUT2D eigenvalue weighted by atomic mass is 35.5. The molecule has 0 aliphatic heterocycles. The molecule has 0 unspecified atom stereocenters. The molecule has 0 saturated carbocycles. The van der Waals surface area contributed by atoms with Crippen molar-refractivity contribution in [1.29, 1.82) is 0 Å². The topological polar surface area (TPSA) is 30.9 Å². The molecule has 0 saturated heterocycles. The Labute approximate surface area is 111 Å². The summed E-state index contributed by atoms with van der Waals surface area (Å²) in [5.74, 6) is 0. The van der Waals surface area contributed by atoms with Crippen LogP contribution in [0.25, 0.3) is 22.2 Å². The van der Waals surface area contributed by atoms with E-state index in [4.69, 9.17) is 17.3 Å². The van der Waals surface area contributed by atoms with E-state index in [-0.39, 0.29) is 0 Å². The van der Waals surface area contributed by atoms with E-state index < -0.39 is 0 Å². The molecule has 0 atom stereocenters. The Morgan fingerprint density at radius 1 is 1.06 bits per heavy atom. The third-order valence-corrected chi connectivity index (χ3v) is 3.55. The summed E-state index contributed by atoms with van der Waals surface area (Å²) in [7, 11) is 2.04. The Bertz CT molecular complexity index is 728. The smallest absolute Gasteiger partial charge is 0.0504 e. The largest absolute Gasteiger partial charge is 0.399 e. The van der Waals surface area contributed by atoms with Gasteiger partial charge in [-0.15, -0.1) is 0 Å². The maximum atomic E-state index is 6.26. The van der Waals surface area contributed by atoms with Gasteiger partial charge in [0, 0.05) is 29.2 Å². The number of aromatic nitrogens is 1. The Morgan fingerprint density at radius 2 is 1.83 bits per heavy atom. The maximum absolute atomic E-state index is 6.26. The van der Waals surface area contributed by atoms with Crippen molar-refractivity contribution in [2.45, 2.75) is 0 Å². The Kier molecular flexibility index (Phi) is 2.53. The normalized spacial score (nSPS) is 11.0. The van der Waals surface area contributed by atoms with Gasteiger partial charge in [-0.3, -0.25) is 0 Å². The van der Waals surface area contributed by atoms with Gasteiger partial charge in [-0.1, -0.05) is 29.8 Å². The van der Waals surface area contributed by atoms with E-state index in [9.17, 15) is 0 Å². The van der Waals surface area contributed by atoms with Gasteiger partial charge in [0.15, 0.2) is 0 Å². The fourth-order valence-electron chi connectivity index (χ4n) is 2.29. The van der Waals surface area contributed by atoms with Crippen LogP contribution in [0.15, 0.2) is 48.5 Å². The van der Waals surface area contributed by atoms with Crippen LogP contribution in [0.2, 0.25) is 5.02 Å². The van der Waals surface area contributed by atoms with Gasteiger partial charge in [-0.05, 0) is 30.3 Å². The van der Waals surface area contributed by atoms with Crippen molar-refractivity contribution in [2.75, 3.05) is 5.73 Å². The number of nitrogens with two attached hydrogens (primary N) is 1. The van der Waals surface area contributed by atoms with Gasteiger partial charge < -0.3 is 10.3 Å². The molecule has 0 spiro atoms. The van der Waals surface area contributed by atoms with Crippen molar-refractivity contribution in [3.8, 4) is 11.3 Å². The monoisotopic (exact) mass is 256 g/mol. The predicted octanol–water partition coefficient (Wildman–Crippen LogP) is 4.08. The number of aryl methyl sites for hydroxylation is 1. The first-order valence-corrected chi connectivity index (χ1v) is 6.14. The first-order valence-electron chi connectivity index (χ1n) is 5.76. The van der Waals surface area contributed by atoms with Gasteiger partial charge >= 0.3 is 0 Å². The van der Waals surface area contributed by atoms with Crippen LogP contribution >= 0.6 is 11.6 Å². The second-order valence-corrected chi connectivity index (χ2v) is 4.79. The van der Waals surface area contributed by atoms with E-state index in [1.807, 2.05) is 37.4 Å². The number of hydrogen-bond donors (Lipinski definition) is 1. The summed E-state index contributed by atoms with van der Waals surface area (Å²) in [6, 6.07) is 16.0. The number of halogens is 1. The second-order valence-electron chi connectivity index (χ2n) is 4.39. The number of para-hydroxylation sites is 1. The van der Waals surface area contributed by atoms with Crippen LogP contribution in [0.3, 0.4) is 0 Å². The molecule has 0 amide bonds. The highest BCUT2D eigenvalue weighted by Gasteiger charge is 2.10. The van der Waals surface area contributed by atoms with Crippen molar-refractivity contribution in [1.82, 2.24) is 4.57 Å². The SMILES string of the molecule is Cn1c(-c2cc(N)ccc2Cl)cc2ccccc21. The van der Waals surface area contributed by atoms with Gasteiger partial charge in [0.05, 0.1) is 10.7 Å². The lowest BCUT2D eigenvalue weighted by Crippen LogP contribution is -1.93. The van der Waals surface area contributed by atoms with Crippen LogP contribution in [0.5, 0.6) is 0 Å². The first-order chi connectivity index (χ1) is 8.66. The lowest BCUT2D eigenvalue weighted by Gasteiger charge is -2.07. The van der Waals surface area contributed by atoms with Crippen LogP contribution < -0.4 is 5.73 Å². The Balaban J connectivity index is 2.31. The number of rotatable bonds is 1. The second kappa shape index (κ2) is 4.07. The van der Waals surface area contributed by atoms with Crippen molar-refractivity contribution in [2.24, 2.45) is 7.05 Å². The van der Waals surface area contributed by atoms with Crippen LogP contribution in [0.1, 0.15) is 0 Å². The molecule has 0 fully saturated rings. The maximum Gasteiger partial charge on any atom is 0.0504 e. The standard InChI is InChI=1S/C15H13ClN2/c1-18-14-5-3-2-4-10(14)8-15(18)12-9-11(17)6-7-13(12)16/h2-9H,17H2,1H3. The molecule has 2 nitrogen and oxygen atoms in total. The summed E-state index contributed by atoms with van der Waals surface area (Å²) in [6.07, 6.45) is 0. The summed E-state index contributed by atoms with van der Waals surface area (Å²) in [4.78, 5) is 0. The highest BCUT2D eigenvalue weighted by molar-refractivity contribution is 6.33. The molecule has 0 aliphatic rings. The van der Waals surface area contributed by atoms with E-state index in [0.717, 1.165) is 22.0 Å². The minimum absolute atomic E-state index is 0.718. The fourth-order valence-corrected chi connectivity index (χ4v) is 2.50. The van der Waals surface area contributed by atoms with Crippen LogP contribution in [-0.2, 0) is 7.05 Å². The van der Waals surface area contributed by atoms with Crippen molar-refractivity contribution >= 4 is 28.2 Å². The van der Waals surface area contributed by atoms with Crippen LogP contribution in [0, 0.1) is 0 Å². The molecule has 2 aromatic carbocycles. The number of nitrogen functional groups attached to an aromatic ring is 1. The summed E-state index contributed by atoms with van der Waals surface area (Å²) < 4.78 is 2.13.